The number of nitrogens with zero attached hydrogens (tertiary/aromatic N) is 4. The molecule has 0 radical (unpaired) electrons. The van der Waals surface area contributed by atoms with Crippen LogP contribution in [-0.2, 0) is 14.4 Å². The van der Waals surface area contributed by atoms with Gasteiger partial charge < -0.3 is 10.2 Å². The minimum absolute atomic E-state index is 0.0645. The molecule has 0 aliphatic heterocycles. The molecule has 0 bridgehead atoms. The summed E-state index contributed by atoms with van der Waals surface area (Å²) < 4.78 is 0. The minimum Gasteiger partial charge on any atom is -0.338 e. The Morgan fingerprint density at radius 3 is 1.58 bits per heavy atom. The van der Waals surface area contributed by atoms with Crippen LogP contribution in [0.3, 0.4) is 0 Å². The average molecular weight is 465 g/mol. The number of hydrogen-bond acceptors (Lipinski definition) is 8. The van der Waals surface area contributed by atoms with Crippen LogP contribution in [0.5, 0.6) is 0 Å². The van der Waals surface area contributed by atoms with E-state index in [0.29, 0.717) is 39.4 Å². The number of aliphatic imine (C=N–C) groups is 3. The first-order valence-electron chi connectivity index (χ1n) is 12.1. The normalized spacial score (nSPS) is 9.94. The van der Waals surface area contributed by atoms with Crippen LogP contribution in [0.1, 0.15) is 77.0 Å². The van der Waals surface area contributed by atoms with Gasteiger partial charge in [-0.2, -0.15) is 0 Å². The van der Waals surface area contributed by atoms with Gasteiger partial charge in [-0.3, -0.25) is 5.32 Å². The highest BCUT2D eigenvalue weighted by molar-refractivity contribution is 5.74. The molecule has 0 aromatic carbocycles. The van der Waals surface area contributed by atoms with E-state index in [-0.39, 0.29) is 6.03 Å². The lowest BCUT2D eigenvalue weighted by molar-refractivity contribution is 0.191. The van der Waals surface area contributed by atoms with Crippen LogP contribution in [-0.4, -0.2) is 75.1 Å². The topological polar surface area (TPSA) is 133 Å². The van der Waals surface area contributed by atoms with Crippen LogP contribution in [0, 0.1) is 0 Å². The van der Waals surface area contributed by atoms with E-state index in [9.17, 15) is 19.2 Å². The highest BCUT2D eigenvalue weighted by atomic mass is 16.2. The maximum atomic E-state index is 12.6. The van der Waals surface area contributed by atoms with Gasteiger partial charge in [0.25, 0.3) is 0 Å². The Labute approximate surface area is 197 Å². The SMILES string of the molecule is O=C=NCCCCCCNCN(CCCCCCN=C=O)C(=O)NCCCCCCN=C=O. The Bertz CT molecular complexity index is 626. The molecule has 0 spiro atoms. The van der Waals surface area contributed by atoms with Crippen LogP contribution < -0.4 is 10.6 Å². The minimum atomic E-state index is -0.0645. The van der Waals surface area contributed by atoms with Gasteiger partial charge >= 0.3 is 6.03 Å². The van der Waals surface area contributed by atoms with Crippen molar-refractivity contribution in [3.8, 4) is 0 Å². The van der Waals surface area contributed by atoms with E-state index in [1.807, 2.05) is 0 Å². The monoisotopic (exact) mass is 464 g/mol. The van der Waals surface area contributed by atoms with Gasteiger partial charge in [-0.1, -0.05) is 38.5 Å². The van der Waals surface area contributed by atoms with Crippen molar-refractivity contribution < 1.29 is 19.2 Å². The van der Waals surface area contributed by atoms with Crippen molar-refractivity contribution in [3.05, 3.63) is 0 Å². The van der Waals surface area contributed by atoms with E-state index in [1.165, 1.54) is 6.08 Å². The molecule has 0 fully saturated rings. The number of rotatable bonds is 23. The molecule has 0 saturated carbocycles. The molecule has 186 valence electrons. The molecule has 10 nitrogen and oxygen atoms in total. The van der Waals surface area contributed by atoms with Crippen LogP contribution in [0.2, 0.25) is 0 Å². The predicted molar refractivity (Wildman–Crippen MR) is 127 cm³/mol. The first-order valence-corrected chi connectivity index (χ1v) is 12.1. The van der Waals surface area contributed by atoms with Crippen molar-refractivity contribution in [2.45, 2.75) is 77.0 Å². The molecule has 33 heavy (non-hydrogen) atoms. The van der Waals surface area contributed by atoms with Crippen LogP contribution in [0.4, 0.5) is 4.79 Å². The summed E-state index contributed by atoms with van der Waals surface area (Å²) >= 11 is 0. The third-order valence-electron chi connectivity index (χ3n) is 5.08. The third kappa shape index (κ3) is 22.4. The average Bonchev–Trinajstić information content (AvgIpc) is 2.82. The highest BCUT2D eigenvalue weighted by Gasteiger charge is 2.12. The number of carbonyl (C=O) groups is 1. The standard InChI is InChI=1S/C23H40N6O4/c30-20-25-14-8-2-1-7-13-24-19-29(18-12-6-5-10-16-27-22-32)23(33)28-17-11-4-3-9-15-26-21-31/h24H,1-19H2,(H,28,33). The van der Waals surface area contributed by atoms with Gasteiger partial charge in [0.1, 0.15) is 0 Å². The summed E-state index contributed by atoms with van der Waals surface area (Å²) in [7, 11) is 0. The zero-order valence-corrected chi connectivity index (χ0v) is 19.9. The lowest BCUT2D eigenvalue weighted by Gasteiger charge is -2.24. The fraction of sp³-hybridized carbons (Fsp3) is 0.826. The maximum Gasteiger partial charge on any atom is 0.318 e. The third-order valence-corrected chi connectivity index (χ3v) is 5.08. The molecule has 2 amide bonds. The predicted octanol–water partition coefficient (Wildman–Crippen LogP) is 3.23. The maximum absolute atomic E-state index is 12.6. The molecule has 0 aromatic rings. The number of carbonyl (C=O) groups excluding carboxylic acids is 4. The number of isocyanates is 3. The highest BCUT2D eigenvalue weighted by Crippen LogP contribution is 2.04. The summed E-state index contributed by atoms with van der Waals surface area (Å²) in [6.07, 6.45) is 16.0. The molecule has 10 heteroatoms. The van der Waals surface area contributed by atoms with Crippen molar-refractivity contribution in [1.82, 2.24) is 15.5 Å². The Morgan fingerprint density at radius 2 is 1.06 bits per heavy atom. The van der Waals surface area contributed by atoms with Crippen molar-refractivity contribution in [1.29, 1.82) is 0 Å². The van der Waals surface area contributed by atoms with Gasteiger partial charge in [-0.25, -0.2) is 34.2 Å². The summed E-state index contributed by atoms with van der Waals surface area (Å²) in [5.41, 5.74) is 0. The van der Waals surface area contributed by atoms with Crippen molar-refractivity contribution >= 4 is 24.3 Å². The fourth-order valence-electron chi connectivity index (χ4n) is 3.22. The summed E-state index contributed by atoms with van der Waals surface area (Å²) in [6, 6.07) is -0.0645. The Kier molecular flexibility index (Phi) is 23.6. The Hall–Kier alpha value is -2.63. The van der Waals surface area contributed by atoms with Gasteiger partial charge in [0.05, 0.1) is 26.3 Å². The van der Waals surface area contributed by atoms with Gasteiger partial charge in [-0.15, -0.1) is 0 Å². The van der Waals surface area contributed by atoms with E-state index < -0.39 is 0 Å². The number of amides is 2. The zero-order valence-electron chi connectivity index (χ0n) is 19.9. The first-order chi connectivity index (χ1) is 16.3. The van der Waals surface area contributed by atoms with Crippen molar-refractivity contribution in [2.75, 3.05) is 45.9 Å². The molecule has 0 aliphatic carbocycles. The zero-order chi connectivity index (χ0) is 24.2. The quantitative estimate of drug-likeness (QED) is 0.104. The Morgan fingerprint density at radius 1 is 0.606 bits per heavy atom. The summed E-state index contributed by atoms with van der Waals surface area (Å²) in [6.45, 7) is 4.19. The number of urea groups is 1. The largest absolute Gasteiger partial charge is 0.338 e. The second kappa shape index (κ2) is 25.6. The molecule has 0 aromatic heterocycles. The number of nitrogens with one attached hydrogen (secondary N) is 2. The van der Waals surface area contributed by atoms with Crippen LogP contribution >= 0.6 is 0 Å². The van der Waals surface area contributed by atoms with Gasteiger partial charge in [0, 0.05) is 13.1 Å². The summed E-state index contributed by atoms with van der Waals surface area (Å²) in [5.74, 6) is 0. The lowest BCUT2D eigenvalue weighted by Crippen LogP contribution is -2.45. The van der Waals surface area contributed by atoms with Crippen LogP contribution in [0.25, 0.3) is 0 Å². The number of hydrogen-bond donors (Lipinski definition) is 2. The molecule has 0 aliphatic rings. The van der Waals surface area contributed by atoms with E-state index in [2.05, 4.69) is 25.6 Å². The molecular formula is C23H40N6O4. The van der Waals surface area contributed by atoms with E-state index in [1.54, 1.807) is 17.1 Å². The second-order valence-electron chi connectivity index (χ2n) is 7.82. The van der Waals surface area contributed by atoms with Crippen molar-refractivity contribution in [3.63, 3.8) is 0 Å². The lowest BCUT2D eigenvalue weighted by atomic mass is 10.2. The molecular weight excluding hydrogens is 424 g/mol. The second-order valence-corrected chi connectivity index (χ2v) is 7.82. The fourth-order valence-corrected chi connectivity index (χ4v) is 3.22. The molecule has 2 N–H and O–H groups in total. The molecule has 0 unspecified atom stereocenters. The van der Waals surface area contributed by atoms with Gasteiger partial charge in [0.2, 0.25) is 18.2 Å². The van der Waals surface area contributed by atoms with E-state index in [0.717, 1.165) is 83.6 Å². The van der Waals surface area contributed by atoms with Crippen molar-refractivity contribution in [2.24, 2.45) is 15.0 Å². The molecule has 0 heterocycles. The van der Waals surface area contributed by atoms with Gasteiger partial charge in [0.15, 0.2) is 0 Å². The number of unbranched alkanes of at least 4 members (excludes halogenated alkanes) is 9. The molecule has 0 atom stereocenters. The first kappa shape index (κ1) is 30.4. The summed E-state index contributed by atoms with van der Waals surface area (Å²) in [5, 5.41) is 6.34. The van der Waals surface area contributed by atoms with E-state index in [4.69, 9.17) is 0 Å². The van der Waals surface area contributed by atoms with Crippen LogP contribution in [0.15, 0.2) is 15.0 Å². The van der Waals surface area contributed by atoms with E-state index >= 15 is 0 Å². The Balaban J connectivity index is 4.13. The summed E-state index contributed by atoms with van der Waals surface area (Å²) in [4.78, 5) is 55.2. The smallest absolute Gasteiger partial charge is 0.318 e. The van der Waals surface area contributed by atoms with Gasteiger partial charge in [-0.05, 0) is 45.1 Å². The molecule has 0 rings (SSSR count). The molecule has 0 saturated heterocycles.